The number of likely N-dealkylation sites (N-methyl/N-ethyl adjacent to an activating group) is 1. The van der Waals surface area contributed by atoms with Crippen LogP contribution in [-0.4, -0.2) is 44.0 Å². The topological polar surface area (TPSA) is 73.5 Å². The number of hydrogen-bond donors (Lipinski definition) is 3. The van der Waals surface area contributed by atoms with Gasteiger partial charge in [0.05, 0.1) is 6.04 Å². The monoisotopic (exact) mass is 354 g/mol. The van der Waals surface area contributed by atoms with Gasteiger partial charge >= 0.3 is 6.03 Å². The van der Waals surface area contributed by atoms with Gasteiger partial charge in [-0.1, -0.05) is 48.5 Å². The van der Waals surface area contributed by atoms with Crippen molar-refractivity contribution in [3.63, 3.8) is 0 Å². The van der Waals surface area contributed by atoms with Crippen molar-refractivity contribution in [2.75, 3.05) is 32.5 Å². The van der Waals surface area contributed by atoms with E-state index in [0.717, 1.165) is 5.56 Å². The van der Waals surface area contributed by atoms with E-state index in [1.54, 1.807) is 12.1 Å². The van der Waals surface area contributed by atoms with Crippen LogP contribution in [0.25, 0.3) is 0 Å². The Labute approximate surface area is 154 Å². The second-order valence-corrected chi connectivity index (χ2v) is 6.29. The second kappa shape index (κ2) is 10.2. The van der Waals surface area contributed by atoms with Gasteiger partial charge in [-0.15, -0.1) is 0 Å². The average molecular weight is 354 g/mol. The molecule has 2 rings (SSSR count). The Morgan fingerprint density at radius 1 is 0.962 bits per heavy atom. The molecule has 0 saturated heterocycles. The largest absolute Gasteiger partial charge is 0.348 e. The summed E-state index contributed by atoms with van der Waals surface area (Å²) >= 11 is 0. The number of hydrogen-bond acceptors (Lipinski definition) is 3. The molecule has 0 aliphatic carbocycles. The SMILES string of the molecule is CN(C)CC(NC(=O)CCNC(=O)Nc1ccccc1)c1ccccc1. The van der Waals surface area contributed by atoms with Gasteiger partial charge in [0, 0.05) is 25.2 Å². The predicted molar refractivity (Wildman–Crippen MR) is 104 cm³/mol. The number of para-hydroxylation sites is 1. The highest BCUT2D eigenvalue weighted by Gasteiger charge is 2.15. The smallest absolute Gasteiger partial charge is 0.319 e. The Balaban J connectivity index is 1.78. The van der Waals surface area contributed by atoms with Crippen molar-refractivity contribution >= 4 is 17.6 Å². The summed E-state index contributed by atoms with van der Waals surface area (Å²) < 4.78 is 0. The molecule has 2 aromatic carbocycles. The fraction of sp³-hybridized carbons (Fsp3) is 0.300. The standard InChI is InChI=1S/C20H26N4O2/c1-24(2)15-18(16-9-5-3-6-10-16)23-19(25)13-14-21-20(26)22-17-11-7-4-8-12-17/h3-12,18H,13-15H2,1-2H3,(H,23,25)(H2,21,22,26). The molecule has 0 bridgehead atoms. The number of benzene rings is 2. The lowest BCUT2D eigenvalue weighted by molar-refractivity contribution is -0.121. The van der Waals surface area contributed by atoms with Crippen molar-refractivity contribution in [3.05, 3.63) is 66.2 Å². The van der Waals surface area contributed by atoms with Crippen LogP contribution < -0.4 is 16.0 Å². The minimum Gasteiger partial charge on any atom is -0.348 e. The van der Waals surface area contributed by atoms with Crippen LogP contribution >= 0.6 is 0 Å². The highest BCUT2D eigenvalue weighted by molar-refractivity contribution is 5.89. The van der Waals surface area contributed by atoms with Crippen LogP contribution in [0.5, 0.6) is 0 Å². The summed E-state index contributed by atoms with van der Waals surface area (Å²) in [6.45, 7) is 0.978. The maximum Gasteiger partial charge on any atom is 0.319 e. The molecular formula is C20H26N4O2. The lowest BCUT2D eigenvalue weighted by Crippen LogP contribution is -2.37. The Bertz CT molecular complexity index is 689. The molecule has 6 nitrogen and oxygen atoms in total. The molecule has 0 aliphatic rings. The lowest BCUT2D eigenvalue weighted by atomic mass is 10.1. The fourth-order valence-electron chi connectivity index (χ4n) is 2.54. The number of urea groups is 1. The summed E-state index contributed by atoms with van der Waals surface area (Å²) in [5.74, 6) is -0.0966. The Hall–Kier alpha value is -2.86. The van der Waals surface area contributed by atoms with Crippen LogP contribution in [0.1, 0.15) is 18.0 Å². The molecule has 0 aliphatic heterocycles. The molecule has 0 saturated carbocycles. The molecule has 0 radical (unpaired) electrons. The van der Waals surface area contributed by atoms with Crippen LogP contribution in [0, 0.1) is 0 Å². The van der Waals surface area contributed by atoms with Gasteiger partial charge in [-0.2, -0.15) is 0 Å². The maximum absolute atomic E-state index is 12.2. The zero-order chi connectivity index (χ0) is 18.8. The van der Waals surface area contributed by atoms with E-state index in [2.05, 4.69) is 16.0 Å². The number of rotatable bonds is 8. The first-order valence-corrected chi connectivity index (χ1v) is 8.63. The fourth-order valence-corrected chi connectivity index (χ4v) is 2.54. The van der Waals surface area contributed by atoms with Gasteiger partial charge in [-0.05, 0) is 31.8 Å². The molecule has 0 spiro atoms. The molecule has 26 heavy (non-hydrogen) atoms. The first kappa shape index (κ1) is 19.5. The van der Waals surface area contributed by atoms with E-state index >= 15 is 0 Å². The van der Waals surface area contributed by atoms with Crippen LogP contribution in [0.15, 0.2) is 60.7 Å². The first-order valence-electron chi connectivity index (χ1n) is 8.63. The number of nitrogens with zero attached hydrogens (tertiary/aromatic N) is 1. The van der Waals surface area contributed by atoms with Crippen molar-refractivity contribution < 1.29 is 9.59 Å². The first-order chi connectivity index (χ1) is 12.5. The van der Waals surface area contributed by atoms with E-state index < -0.39 is 0 Å². The molecule has 3 amide bonds. The molecule has 0 fully saturated rings. The van der Waals surface area contributed by atoms with Gasteiger partial charge in [0.15, 0.2) is 0 Å². The summed E-state index contributed by atoms with van der Waals surface area (Å²) in [5.41, 5.74) is 1.77. The average Bonchev–Trinajstić information content (AvgIpc) is 2.62. The molecular weight excluding hydrogens is 328 g/mol. The number of anilines is 1. The minimum absolute atomic E-state index is 0.0863. The van der Waals surface area contributed by atoms with E-state index in [0.29, 0.717) is 12.2 Å². The number of carbonyl (C=O) groups is 2. The normalized spacial score (nSPS) is 11.7. The zero-order valence-corrected chi connectivity index (χ0v) is 15.2. The Kier molecular flexibility index (Phi) is 7.64. The molecule has 6 heteroatoms. The van der Waals surface area contributed by atoms with E-state index in [1.807, 2.05) is 67.5 Å². The van der Waals surface area contributed by atoms with Crippen molar-refractivity contribution in [1.82, 2.24) is 15.5 Å². The highest BCUT2D eigenvalue weighted by atomic mass is 16.2. The molecule has 0 heterocycles. The van der Waals surface area contributed by atoms with Gasteiger partial charge in [-0.3, -0.25) is 4.79 Å². The summed E-state index contributed by atoms with van der Waals surface area (Å²) in [4.78, 5) is 26.1. The van der Waals surface area contributed by atoms with E-state index in [1.165, 1.54) is 0 Å². The van der Waals surface area contributed by atoms with E-state index in [4.69, 9.17) is 0 Å². The van der Waals surface area contributed by atoms with Crippen LogP contribution in [0.2, 0.25) is 0 Å². The van der Waals surface area contributed by atoms with Crippen LogP contribution in [-0.2, 0) is 4.79 Å². The molecule has 138 valence electrons. The maximum atomic E-state index is 12.2. The molecule has 2 aromatic rings. The van der Waals surface area contributed by atoms with Gasteiger partial charge in [-0.25, -0.2) is 4.79 Å². The third-order valence-electron chi connectivity index (χ3n) is 3.75. The predicted octanol–water partition coefficient (Wildman–Crippen LogP) is 2.62. The highest BCUT2D eigenvalue weighted by Crippen LogP contribution is 2.13. The molecule has 0 aromatic heterocycles. The van der Waals surface area contributed by atoms with Gasteiger partial charge in [0.25, 0.3) is 0 Å². The number of carbonyl (C=O) groups excluding carboxylic acids is 2. The van der Waals surface area contributed by atoms with E-state index in [-0.39, 0.29) is 30.9 Å². The van der Waals surface area contributed by atoms with Crippen molar-refractivity contribution in [1.29, 1.82) is 0 Å². The van der Waals surface area contributed by atoms with Gasteiger partial charge in [0.1, 0.15) is 0 Å². The number of amides is 3. The molecule has 1 atom stereocenters. The van der Waals surface area contributed by atoms with Crippen LogP contribution in [0.3, 0.4) is 0 Å². The van der Waals surface area contributed by atoms with Crippen molar-refractivity contribution in [2.24, 2.45) is 0 Å². The number of nitrogens with one attached hydrogen (secondary N) is 3. The third-order valence-corrected chi connectivity index (χ3v) is 3.75. The summed E-state index contributed by atoms with van der Waals surface area (Å²) in [5, 5.41) is 8.45. The second-order valence-electron chi connectivity index (χ2n) is 6.29. The third kappa shape index (κ3) is 6.94. The molecule has 1 unspecified atom stereocenters. The Morgan fingerprint density at radius 2 is 1.58 bits per heavy atom. The summed E-state index contributed by atoms with van der Waals surface area (Å²) in [6, 6.07) is 18.6. The quantitative estimate of drug-likeness (QED) is 0.682. The van der Waals surface area contributed by atoms with Gasteiger partial charge < -0.3 is 20.9 Å². The summed E-state index contributed by atoms with van der Waals surface area (Å²) in [7, 11) is 3.94. The van der Waals surface area contributed by atoms with E-state index in [9.17, 15) is 9.59 Å². The lowest BCUT2D eigenvalue weighted by Gasteiger charge is -2.23. The van der Waals surface area contributed by atoms with Crippen LogP contribution in [0.4, 0.5) is 10.5 Å². The summed E-state index contributed by atoms with van der Waals surface area (Å²) in [6.07, 6.45) is 0.221. The minimum atomic E-state index is -0.322. The molecule has 3 N–H and O–H groups in total. The van der Waals surface area contributed by atoms with Crippen molar-refractivity contribution in [2.45, 2.75) is 12.5 Å². The zero-order valence-electron chi connectivity index (χ0n) is 15.2. The van der Waals surface area contributed by atoms with Crippen molar-refractivity contribution in [3.8, 4) is 0 Å². The van der Waals surface area contributed by atoms with Gasteiger partial charge in [0.2, 0.25) is 5.91 Å². The Morgan fingerprint density at radius 3 is 2.19 bits per heavy atom.